The predicted molar refractivity (Wildman–Crippen MR) is 88.3 cm³/mol. The molecule has 0 atom stereocenters. The summed E-state index contributed by atoms with van der Waals surface area (Å²) in [5, 5.41) is 10.1. The number of rotatable bonds is 2. The number of nitrogens with zero attached hydrogens (tertiary/aromatic N) is 1. The van der Waals surface area contributed by atoms with Crippen LogP contribution in [-0.4, -0.2) is 17.4 Å². The van der Waals surface area contributed by atoms with Crippen molar-refractivity contribution in [1.29, 1.82) is 0 Å². The summed E-state index contributed by atoms with van der Waals surface area (Å²) in [5.74, 6) is 1.23. The number of hydrogen-bond acceptors (Lipinski definition) is 2. The molecule has 21 heavy (non-hydrogen) atoms. The molecule has 1 saturated carbocycles. The molecule has 0 amide bonds. The van der Waals surface area contributed by atoms with Gasteiger partial charge in [0.15, 0.2) is 0 Å². The third-order valence-electron chi connectivity index (χ3n) is 4.04. The summed E-state index contributed by atoms with van der Waals surface area (Å²) in [5.41, 5.74) is 2.89. The zero-order valence-electron chi connectivity index (χ0n) is 12.9. The van der Waals surface area contributed by atoms with Gasteiger partial charge in [0.05, 0.1) is 0 Å². The quantitative estimate of drug-likeness (QED) is 0.656. The van der Waals surface area contributed by atoms with E-state index in [9.17, 15) is 5.11 Å². The molecule has 1 aromatic carbocycles. The van der Waals surface area contributed by atoms with Crippen molar-refractivity contribution in [3.05, 3.63) is 28.8 Å². The summed E-state index contributed by atoms with van der Waals surface area (Å²) in [7, 11) is 9.87. The monoisotopic (exact) mass is 405 g/mol. The molecule has 0 bridgehead atoms. The summed E-state index contributed by atoms with van der Waals surface area (Å²) in [6, 6.07) is 4.43. The Balaban J connectivity index is 0.000000677. The van der Waals surface area contributed by atoms with E-state index in [0.29, 0.717) is 11.8 Å². The van der Waals surface area contributed by atoms with Crippen LogP contribution in [0.1, 0.15) is 49.3 Å². The number of hydrogen-bond donors (Lipinski definition) is 1. The first-order chi connectivity index (χ1) is 9.99. The molecule has 2 nitrogen and oxygen atoms in total. The van der Waals surface area contributed by atoms with E-state index in [-0.39, 0.29) is 0 Å². The Hall–Kier alpha value is 0.153. The third-order valence-corrected chi connectivity index (χ3v) is 4.04. The van der Waals surface area contributed by atoms with Gasteiger partial charge in [0.2, 0.25) is 0 Å². The van der Waals surface area contributed by atoms with E-state index in [0.717, 1.165) is 22.6 Å². The molecule has 5 heteroatoms. The van der Waals surface area contributed by atoms with Crippen LogP contribution in [-0.2, 0) is 20.8 Å². The van der Waals surface area contributed by atoms with E-state index in [1.54, 1.807) is 0 Å². The SMILES string of the molecule is Cc1ccc(C)c(C=NC2CCC(C)CC2)c1O.[Cl][Zr][Cl]. The molecule has 0 saturated heterocycles. The van der Waals surface area contributed by atoms with Gasteiger partial charge in [-0.1, -0.05) is 19.1 Å². The maximum absolute atomic E-state index is 10.1. The van der Waals surface area contributed by atoms with Crippen molar-refractivity contribution < 1.29 is 26.0 Å². The van der Waals surface area contributed by atoms with Gasteiger partial charge in [-0.2, -0.15) is 0 Å². The molecular weight excluding hydrogens is 384 g/mol. The second-order valence-electron chi connectivity index (χ2n) is 5.72. The van der Waals surface area contributed by atoms with E-state index in [2.05, 4.69) is 11.9 Å². The molecule has 0 aromatic heterocycles. The molecule has 1 aliphatic rings. The topological polar surface area (TPSA) is 32.6 Å². The zero-order chi connectivity index (χ0) is 15.8. The van der Waals surface area contributed by atoms with Crippen LogP contribution in [0.2, 0.25) is 0 Å². The minimum absolute atomic E-state index is 0.378. The van der Waals surface area contributed by atoms with Crippen molar-refractivity contribution in [2.24, 2.45) is 10.9 Å². The van der Waals surface area contributed by atoms with Crippen molar-refractivity contribution in [3.63, 3.8) is 0 Å². The molecule has 1 aliphatic carbocycles. The fourth-order valence-electron chi connectivity index (χ4n) is 2.55. The molecule has 0 heterocycles. The van der Waals surface area contributed by atoms with Gasteiger partial charge in [-0.15, -0.1) is 0 Å². The second kappa shape index (κ2) is 10.0. The maximum atomic E-state index is 10.1. The molecule has 0 unspecified atom stereocenters. The fraction of sp³-hybridized carbons (Fsp3) is 0.562. The summed E-state index contributed by atoms with van der Waals surface area (Å²) in [4.78, 5) is 4.67. The van der Waals surface area contributed by atoms with E-state index in [4.69, 9.17) is 17.0 Å². The Bertz CT molecular complexity index is 472. The van der Waals surface area contributed by atoms with Crippen molar-refractivity contribution in [3.8, 4) is 5.75 Å². The van der Waals surface area contributed by atoms with Gasteiger partial charge in [-0.25, -0.2) is 0 Å². The van der Waals surface area contributed by atoms with Crippen LogP contribution in [0.4, 0.5) is 0 Å². The fourth-order valence-corrected chi connectivity index (χ4v) is 2.55. The number of aromatic hydroxyl groups is 1. The first-order valence-corrected chi connectivity index (χ1v) is 13.6. The van der Waals surface area contributed by atoms with Crippen LogP contribution in [0, 0.1) is 19.8 Å². The zero-order valence-corrected chi connectivity index (χ0v) is 16.8. The molecule has 1 N–H and O–H groups in total. The Morgan fingerprint density at radius 2 is 1.67 bits per heavy atom. The van der Waals surface area contributed by atoms with E-state index in [1.807, 2.05) is 32.2 Å². The minimum atomic E-state index is -0.826. The number of halogens is 2. The number of benzene rings is 1. The van der Waals surface area contributed by atoms with E-state index >= 15 is 0 Å². The average molecular weight is 407 g/mol. The van der Waals surface area contributed by atoms with Gasteiger partial charge in [-0.05, 0) is 56.6 Å². The standard InChI is InChI=1S/C16H23NO.2ClH.Zr/c1-11-4-8-14(9-5-11)17-10-15-12(2)6-7-13(3)16(15)18;;;/h6-7,10-11,14,18H,4-5,8-9H2,1-3H3;2*1H;/q;;;+2/p-2. The van der Waals surface area contributed by atoms with E-state index < -0.39 is 20.8 Å². The molecule has 2 rings (SSSR count). The molecule has 116 valence electrons. The number of phenols is 1. The van der Waals surface area contributed by atoms with Crippen LogP contribution >= 0.6 is 17.0 Å². The molecule has 0 radical (unpaired) electrons. The van der Waals surface area contributed by atoms with Gasteiger partial charge < -0.3 is 5.11 Å². The van der Waals surface area contributed by atoms with Crippen LogP contribution in [0.3, 0.4) is 0 Å². The first-order valence-electron chi connectivity index (χ1n) is 7.28. The van der Waals surface area contributed by atoms with Crippen molar-refractivity contribution >= 4 is 23.2 Å². The van der Waals surface area contributed by atoms with Gasteiger partial charge in [0, 0.05) is 17.8 Å². The average Bonchev–Trinajstić information content (AvgIpc) is 2.46. The van der Waals surface area contributed by atoms with Crippen molar-refractivity contribution in [2.75, 3.05) is 0 Å². The summed E-state index contributed by atoms with van der Waals surface area (Å²) >= 11 is -0.826. The number of aliphatic imine (C=N–C) groups is 1. The van der Waals surface area contributed by atoms with Crippen molar-refractivity contribution in [1.82, 2.24) is 0 Å². The molecule has 0 spiro atoms. The van der Waals surface area contributed by atoms with E-state index in [1.165, 1.54) is 25.7 Å². The number of aryl methyl sites for hydroxylation is 2. The van der Waals surface area contributed by atoms with Gasteiger partial charge in [0.25, 0.3) is 0 Å². The van der Waals surface area contributed by atoms with Crippen LogP contribution in [0.15, 0.2) is 17.1 Å². The summed E-state index contributed by atoms with van der Waals surface area (Å²) < 4.78 is 0. The van der Waals surface area contributed by atoms with Gasteiger partial charge in [0.1, 0.15) is 5.75 Å². The Labute approximate surface area is 146 Å². The Kier molecular flexibility index (Phi) is 9.17. The van der Waals surface area contributed by atoms with Gasteiger partial charge >= 0.3 is 37.9 Å². The normalized spacial score (nSPS) is 21.8. The molecule has 1 fully saturated rings. The Morgan fingerprint density at radius 1 is 1.14 bits per heavy atom. The molecular formula is C16H23Cl2NOZr. The second-order valence-corrected chi connectivity index (χ2v) is 9.46. The summed E-state index contributed by atoms with van der Waals surface area (Å²) in [6.45, 7) is 6.26. The third kappa shape index (κ3) is 6.42. The first kappa shape index (κ1) is 19.2. The number of phenolic OH excluding ortho intramolecular Hbond substituents is 1. The van der Waals surface area contributed by atoms with Crippen molar-refractivity contribution in [2.45, 2.75) is 52.5 Å². The summed E-state index contributed by atoms with van der Waals surface area (Å²) in [6.07, 6.45) is 6.80. The van der Waals surface area contributed by atoms with Crippen LogP contribution in [0.25, 0.3) is 0 Å². The predicted octanol–water partition coefficient (Wildman–Crippen LogP) is 5.38. The van der Waals surface area contributed by atoms with Gasteiger partial charge in [-0.3, -0.25) is 4.99 Å². The molecule has 0 aliphatic heterocycles. The van der Waals surface area contributed by atoms with Crippen LogP contribution < -0.4 is 0 Å². The molecule has 1 aromatic rings. The Morgan fingerprint density at radius 3 is 2.24 bits per heavy atom. The van der Waals surface area contributed by atoms with Crippen LogP contribution in [0.5, 0.6) is 5.75 Å².